The maximum absolute atomic E-state index is 11.1. The fourth-order valence-electron chi connectivity index (χ4n) is 1.76. The van der Waals surface area contributed by atoms with Crippen molar-refractivity contribution in [3.05, 3.63) is 15.8 Å². The zero-order valence-corrected chi connectivity index (χ0v) is 12.5. The number of hydrogen-bond acceptors (Lipinski definition) is 7. The zero-order valence-electron chi connectivity index (χ0n) is 12.5. The zero-order chi connectivity index (χ0) is 15.3. The lowest BCUT2D eigenvalue weighted by Gasteiger charge is -2.25. The monoisotopic (exact) mass is 283 g/mol. The van der Waals surface area contributed by atoms with Crippen molar-refractivity contribution < 1.29 is 9.66 Å². The standard InChI is InChI=1S/C12H21N5O3/c1-6-20-12(3,4)7-14-10-9(17(18)19)8(2)15-11(13-5)16-10/h6-7H2,1-5H3,(H2,13,14,15,16). The molecule has 1 aromatic rings. The van der Waals surface area contributed by atoms with Gasteiger partial charge in [0.1, 0.15) is 5.69 Å². The van der Waals surface area contributed by atoms with Gasteiger partial charge in [0.2, 0.25) is 11.8 Å². The summed E-state index contributed by atoms with van der Waals surface area (Å²) in [5.74, 6) is 0.532. The van der Waals surface area contributed by atoms with E-state index in [4.69, 9.17) is 4.74 Å². The second-order valence-electron chi connectivity index (χ2n) is 4.88. The van der Waals surface area contributed by atoms with E-state index in [1.807, 2.05) is 20.8 Å². The van der Waals surface area contributed by atoms with Gasteiger partial charge < -0.3 is 15.4 Å². The maximum Gasteiger partial charge on any atom is 0.332 e. The van der Waals surface area contributed by atoms with Crippen LogP contribution in [0.4, 0.5) is 17.5 Å². The highest BCUT2D eigenvalue weighted by molar-refractivity contribution is 5.60. The molecule has 8 heteroatoms. The minimum Gasteiger partial charge on any atom is -0.374 e. The van der Waals surface area contributed by atoms with Crippen LogP contribution in [0.2, 0.25) is 0 Å². The first-order valence-electron chi connectivity index (χ1n) is 6.39. The predicted octanol–water partition coefficient (Wildman–Crippen LogP) is 1.96. The van der Waals surface area contributed by atoms with Crippen LogP contribution in [-0.4, -0.2) is 40.7 Å². The fourth-order valence-corrected chi connectivity index (χ4v) is 1.76. The van der Waals surface area contributed by atoms with Crippen LogP contribution < -0.4 is 10.6 Å². The lowest BCUT2D eigenvalue weighted by molar-refractivity contribution is -0.385. The van der Waals surface area contributed by atoms with Gasteiger partial charge in [-0.15, -0.1) is 0 Å². The summed E-state index contributed by atoms with van der Waals surface area (Å²) in [6, 6.07) is 0. The Balaban J connectivity index is 3.03. The van der Waals surface area contributed by atoms with Gasteiger partial charge in [0.15, 0.2) is 0 Å². The Morgan fingerprint density at radius 1 is 1.40 bits per heavy atom. The van der Waals surface area contributed by atoms with Gasteiger partial charge in [-0.05, 0) is 27.7 Å². The van der Waals surface area contributed by atoms with Crippen molar-refractivity contribution in [2.24, 2.45) is 0 Å². The molecule has 0 saturated heterocycles. The molecule has 20 heavy (non-hydrogen) atoms. The number of nitrogens with one attached hydrogen (secondary N) is 2. The SMILES string of the molecule is CCOC(C)(C)CNc1nc(NC)nc(C)c1[N+](=O)[O-]. The molecule has 1 rings (SSSR count). The molecule has 1 aromatic heterocycles. The molecule has 0 aromatic carbocycles. The van der Waals surface area contributed by atoms with Crippen molar-refractivity contribution in [2.75, 3.05) is 30.8 Å². The van der Waals surface area contributed by atoms with Gasteiger partial charge >= 0.3 is 5.69 Å². The minimum absolute atomic E-state index is 0.115. The lowest BCUT2D eigenvalue weighted by atomic mass is 10.1. The van der Waals surface area contributed by atoms with Gasteiger partial charge in [-0.25, -0.2) is 4.98 Å². The topological polar surface area (TPSA) is 102 Å². The molecule has 0 spiro atoms. The van der Waals surface area contributed by atoms with Gasteiger partial charge in [0.05, 0.1) is 10.5 Å². The summed E-state index contributed by atoms with van der Waals surface area (Å²) in [7, 11) is 1.66. The third-order valence-electron chi connectivity index (χ3n) is 2.68. The van der Waals surface area contributed by atoms with Crippen molar-refractivity contribution in [1.29, 1.82) is 0 Å². The largest absolute Gasteiger partial charge is 0.374 e. The Labute approximate surface area is 118 Å². The molecule has 8 nitrogen and oxygen atoms in total. The van der Waals surface area contributed by atoms with Crippen LogP contribution in [0.1, 0.15) is 26.5 Å². The second-order valence-corrected chi connectivity index (χ2v) is 4.88. The van der Waals surface area contributed by atoms with E-state index in [1.165, 1.54) is 0 Å². The van der Waals surface area contributed by atoms with E-state index in [0.717, 1.165) is 0 Å². The average Bonchev–Trinajstić information content (AvgIpc) is 2.35. The van der Waals surface area contributed by atoms with E-state index < -0.39 is 10.5 Å². The number of nitro groups is 1. The number of anilines is 2. The van der Waals surface area contributed by atoms with Crippen LogP contribution in [0, 0.1) is 17.0 Å². The summed E-state index contributed by atoms with van der Waals surface area (Å²) in [5.41, 5.74) is -0.247. The molecule has 112 valence electrons. The Morgan fingerprint density at radius 3 is 2.55 bits per heavy atom. The third-order valence-corrected chi connectivity index (χ3v) is 2.68. The quantitative estimate of drug-likeness (QED) is 0.582. The van der Waals surface area contributed by atoms with Crippen LogP contribution in [0.5, 0.6) is 0 Å². The van der Waals surface area contributed by atoms with Gasteiger partial charge in [0.25, 0.3) is 0 Å². The number of hydrogen-bond donors (Lipinski definition) is 2. The van der Waals surface area contributed by atoms with Crippen LogP contribution >= 0.6 is 0 Å². The molecule has 0 bridgehead atoms. The summed E-state index contributed by atoms with van der Waals surface area (Å²) in [6.07, 6.45) is 0. The van der Waals surface area contributed by atoms with E-state index in [0.29, 0.717) is 24.8 Å². The molecule has 1 heterocycles. The smallest absolute Gasteiger partial charge is 0.332 e. The average molecular weight is 283 g/mol. The Kier molecular flexibility index (Phi) is 5.20. The van der Waals surface area contributed by atoms with E-state index >= 15 is 0 Å². The van der Waals surface area contributed by atoms with E-state index in [-0.39, 0.29) is 11.5 Å². The molecule has 0 radical (unpaired) electrons. The number of ether oxygens (including phenoxy) is 1. The Morgan fingerprint density at radius 2 is 2.05 bits per heavy atom. The summed E-state index contributed by atoms with van der Waals surface area (Å²) < 4.78 is 5.55. The van der Waals surface area contributed by atoms with Crippen molar-refractivity contribution in [1.82, 2.24) is 9.97 Å². The fraction of sp³-hybridized carbons (Fsp3) is 0.667. The third kappa shape index (κ3) is 4.02. The van der Waals surface area contributed by atoms with Gasteiger partial charge in [-0.2, -0.15) is 4.98 Å². The summed E-state index contributed by atoms with van der Waals surface area (Å²) >= 11 is 0. The number of aryl methyl sites for hydroxylation is 1. The molecular weight excluding hydrogens is 262 g/mol. The van der Waals surface area contributed by atoms with Crippen LogP contribution in [0.15, 0.2) is 0 Å². The van der Waals surface area contributed by atoms with Crippen molar-refractivity contribution in [3.8, 4) is 0 Å². The van der Waals surface area contributed by atoms with Gasteiger partial charge in [0, 0.05) is 20.2 Å². The van der Waals surface area contributed by atoms with E-state index in [2.05, 4.69) is 20.6 Å². The first-order chi connectivity index (χ1) is 9.30. The van der Waals surface area contributed by atoms with Crippen molar-refractivity contribution in [3.63, 3.8) is 0 Å². The molecule has 0 atom stereocenters. The number of rotatable bonds is 7. The van der Waals surface area contributed by atoms with E-state index in [9.17, 15) is 10.1 Å². The van der Waals surface area contributed by atoms with Crippen molar-refractivity contribution in [2.45, 2.75) is 33.3 Å². The second kappa shape index (κ2) is 6.47. The molecule has 2 N–H and O–H groups in total. The molecule has 0 unspecified atom stereocenters. The highest BCUT2D eigenvalue weighted by atomic mass is 16.6. The van der Waals surface area contributed by atoms with Crippen LogP contribution in [0.3, 0.4) is 0 Å². The van der Waals surface area contributed by atoms with Crippen LogP contribution in [0.25, 0.3) is 0 Å². The summed E-state index contributed by atoms with van der Waals surface area (Å²) in [5, 5.41) is 16.9. The van der Waals surface area contributed by atoms with Crippen molar-refractivity contribution >= 4 is 17.5 Å². The van der Waals surface area contributed by atoms with E-state index in [1.54, 1.807) is 14.0 Å². The molecule has 0 aliphatic heterocycles. The van der Waals surface area contributed by atoms with Gasteiger partial charge in [-0.3, -0.25) is 10.1 Å². The van der Waals surface area contributed by atoms with Gasteiger partial charge in [-0.1, -0.05) is 0 Å². The maximum atomic E-state index is 11.1. The summed E-state index contributed by atoms with van der Waals surface area (Å²) in [4.78, 5) is 18.8. The normalized spacial score (nSPS) is 11.2. The highest BCUT2D eigenvalue weighted by Gasteiger charge is 2.24. The molecule has 0 fully saturated rings. The predicted molar refractivity (Wildman–Crippen MR) is 77.2 cm³/mol. The minimum atomic E-state index is -0.481. The molecule has 0 amide bonds. The Hall–Kier alpha value is -1.96. The molecule has 0 aliphatic carbocycles. The first kappa shape index (κ1) is 16.1. The first-order valence-corrected chi connectivity index (χ1v) is 6.39. The van der Waals surface area contributed by atoms with Crippen LogP contribution in [-0.2, 0) is 4.74 Å². The lowest BCUT2D eigenvalue weighted by Crippen LogP contribution is -2.33. The molecule has 0 aliphatic rings. The summed E-state index contributed by atoms with van der Waals surface area (Å²) in [6.45, 7) is 8.27. The number of nitrogens with zero attached hydrogens (tertiary/aromatic N) is 3. The Bertz CT molecular complexity index is 490. The molecule has 0 saturated carbocycles. The molecular formula is C12H21N5O3. The highest BCUT2D eigenvalue weighted by Crippen LogP contribution is 2.27. The number of aromatic nitrogens is 2.